The molecule has 0 bridgehead atoms. The molecule has 0 unspecified atom stereocenters. The summed E-state index contributed by atoms with van der Waals surface area (Å²) < 4.78 is 39.0. The number of halogens is 3. The van der Waals surface area contributed by atoms with Crippen molar-refractivity contribution in [1.29, 1.82) is 0 Å². The van der Waals surface area contributed by atoms with Crippen LogP contribution in [0.3, 0.4) is 0 Å². The van der Waals surface area contributed by atoms with Crippen molar-refractivity contribution in [2.24, 2.45) is 0 Å². The number of sulfonamides is 1. The van der Waals surface area contributed by atoms with Gasteiger partial charge in [-0.3, -0.25) is 0 Å². The lowest BCUT2D eigenvalue weighted by atomic mass is 10.3. The maximum atomic E-state index is 12.9. The van der Waals surface area contributed by atoms with E-state index in [2.05, 4.69) is 20.7 Å². The van der Waals surface area contributed by atoms with E-state index in [0.717, 1.165) is 12.1 Å². The average molecular weight is 331 g/mol. The Hall–Kier alpha value is -0.170. The minimum atomic E-state index is -3.70. The van der Waals surface area contributed by atoms with Crippen LogP contribution in [-0.4, -0.2) is 15.0 Å². The summed E-state index contributed by atoms with van der Waals surface area (Å²) in [6, 6.07) is 2.03. The van der Waals surface area contributed by atoms with Gasteiger partial charge in [-0.1, -0.05) is 18.5 Å². The van der Waals surface area contributed by atoms with E-state index in [0.29, 0.717) is 13.0 Å². The van der Waals surface area contributed by atoms with E-state index < -0.39 is 15.8 Å². The Morgan fingerprint density at radius 1 is 1.50 bits per heavy atom. The second kappa shape index (κ2) is 5.44. The number of nitrogens with one attached hydrogen (secondary N) is 1. The molecule has 0 aliphatic carbocycles. The smallest absolute Gasteiger partial charge is 0.211 e. The fourth-order valence-corrected chi connectivity index (χ4v) is 4.04. The molecule has 7 heteroatoms. The number of hydrogen-bond acceptors (Lipinski definition) is 2. The molecule has 0 amide bonds. The van der Waals surface area contributed by atoms with E-state index in [1.165, 1.54) is 0 Å². The quantitative estimate of drug-likeness (QED) is 0.922. The Kier molecular flexibility index (Phi) is 4.73. The van der Waals surface area contributed by atoms with Gasteiger partial charge in [0.15, 0.2) is 0 Å². The second-order valence-corrected chi connectivity index (χ2v) is 6.06. The molecule has 0 fully saturated rings. The Morgan fingerprint density at radius 3 is 2.62 bits per heavy atom. The number of rotatable bonds is 4. The first-order valence-electron chi connectivity index (χ1n) is 4.52. The highest BCUT2D eigenvalue weighted by atomic mass is 79.9. The molecule has 0 spiro atoms. The van der Waals surface area contributed by atoms with Crippen LogP contribution in [-0.2, 0) is 10.0 Å². The molecule has 0 aliphatic heterocycles. The molecule has 0 saturated heterocycles. The molecule has 1 rings (SSSR count). The molecule has 3 nitrogen and oxygen atoms in total. The third kappa shape index (κ3) is 3.16. The molecule has 90 valence electrons. The first-order chi connectivity index (χ1) is 7.38. The van der Waals surface area contributed by atoms with Gasteiger partial charge in [-0.2, -0.15) is 0 Å². The van der Waals surface area contributed by atoms with Gasteiger partial charge in [-0.15, -0.1) is 0 Å². The van der Waals surface area contributed by atoms with Crippen molar-refractivity contribution in [2.75, 3.05) is 6.54 Å². The van der Waals surface area contributed by atoms with Crippen molar-refractivity contribution in [3.63, 3.8) is 0 Å². The molecule has 0 aliphatic rings. The number of hydrogen-bond donors (Lipinski definition) is 1. The summed E-state index contributed by atoms with van der Waals surface area (Å²) in [5, 5.41) is -0.143. The van der Waals surface area contributed by atoms with Gasteiger partial charge in [0.25, 0.3) is 0 Å². The van der Waals surface area contributed by atoms with Gasteiger partial charge >= 0.3 is 0 Å². The van der Waals surface area contributed by atoms with Gasteiger partial charge in [0.2, 0.25) is 10.0 Å². The van der Waals surface area contributed by atoms with E-state index in [1.807, 2.05) is 6.92 Å². The molecule has 0 atom stereocenters. The number of benzene rings is 1. The van der Waals surface area contributed by atoms with Crippen LogP contribution in [0.25, 0.3) is 0 Å². The molecule has 1 aromatic rings. The van der Waals surface area contributed by atoms with Gasteiger partial charge in [0.1, 0.15) is 10.7 Å². The van der Waals surface area contributed by atoms with Crippen molar-refractivity contribution < 1.29 is 12.8 Å². The Labute approximate surface area is 107 Å². The predicted octanol–water partition coefficient (Wildman–Crippen LogP) is 2.93. The Balaban J connectivity index is 3.23. The zero-order chi connectivity index (χ0) is 12.3. The van der Waals surface area contributed by atoms with Crippen molar-refractivity contribution in [2.45, 2.75) is 18.2 Å². The van der Waals surface area contributed by atoms with Crippen LogP contribution < -0.4 is 4.72 Å². The van der Waals surface area contributed by atoms with Gasteiger partial charge in [0.05, 0.1) is 5.02 Å². The van der Waals surface area contributed by atoms with Gasteiger partial charge in [-0.05, 0) is 34.5 Å². The molecule has 1 N–H and O–H groups in total. The Bertz CT molecular complexity index is 469. The monoisotopic (exact) mass is 329 g/mol. The third-order valence-corrected chi connectivity index (χ3v) is 4.63. The minimum Gasteiger partial charge on any atom is -0.211 e. The summed E-state index contributed by atoms with van der Waals surface area (Å²) in [4.78, 5) is -0.135. The van der Waals surface area contributed by atoms with Crippen LogP contribution in [0.4, 0.5) is 4.39 Å². The summed E-state index contributed by atoms with van der Waals surface area (Å²) in [7, 11) is -3.70. The SMILES string of the molecule is CCCNS(=O)(=O)c1c(Cl)cc(F)cc1Br. The van der Waals surface area contributed by atoms with Crippen molar-refractivity contribution in [3.8, 4) is 0 Å². The lowest BCUT2D eigenvalue weighted by Crippen LogP contribution is -2.25. The van der Waals surface area contributed by atoms with Crippen molar-refractivity contribution in [3.05, 3.63) is 27.4 Å². The molecule has 0 aromatic heterocycles. The highest BCUT2D eigenvalue weighted by molar-refractivity contribution is 9.10. The van der Waals surface area contributed by atoms with Gasteiger partial charge in [0, 0.05) is 11.0 Å². The summed E-state index contributed by atoms with van der Waals surface area (Å²) in [6.45, 7) is 2.15. The summed E-state index contributed by atoms with van der Waals surface area (Å²) in [5.41, 5.74) is 0. The zero-order valence-electron chi connectivity index (χ0n) is 8.43. The van der Waals surface area contributed by atoms with Crippen LogP contribution in [0.5, 0.6) is 0 Å². The van der Waals surface area contributed by atoms with Crippen LogP contribution >= 0.6 is 27.5 Å². The largest absolute Gasteiger partial charge is 0.243 e. The first-order valence-corrected chi connectivity index (χ1v) is 7.18. The van der Waals surface area contributed by atoms with E-state index in [4.69, 9.17) is 11.6 Å². The maximum Gasteiger partial charge on any atom is 0.243 e. The lowest BCUT2D eigenvalue weighted by Gasteiger charge is -2.09. The summed E-state index contributed by atoms with van der Waals surface area (Å²) in [6.07, 6.45) is 0.662. The Morgan fingerprint density at radius 2 is 2.12 bits per heavy atom. The molecular formula is C9H10BrClFNO2S. The van der Waals surface area contributed by atoms with Crippen LogP contribution in [0, 0.1) is 5.82 Å². The van der Waals surface area contributed by atoms with Crippen LogP contribution in [0.1, 0.15) is 13.3 Å². The first kappa shape index (κ1) is 13.9. The molecule has 16 heavy (non-hydrogen) atoms. The standard InChI is InChI=1S/C9H10BrClFNO2S/c1-2-3-13-16(14,15)9-7(10)4-6(12)5-8(9)11/h4-5,13H,2-3H2,1H3. The molecule has 0 saturated carbocycles. The summed E-state index contributed by atoms with van der Waals surface area (Å²) in [5.74, 6) is -0.591. The van der Waals surface area contributed by atoms with E-state index in [9.17, 15) is 12.8 Å². The normalized spacial score (nSPS) is 11.8. The van der Waals surface area contributed by atoms with Gasteiger partial charge in [-0.25, -0.2) is 17.5 Å². The molecular weight excluding hydrogens is 321 g/mol. The minimum absolute atomic E-state index is 0.112. The summed E-state index contributed by atoms with van der Waals surface area (Å²) >= 11 is 8.69. The highest BCUT2D eigenvalue weighted by Gasteiger charge is 2.21. The zero-order valence-corrected chi connectivity index (χ0v) is 11.6. The fraction of sp³-hybridized carbons (Fsp3) is 0.333. The topological polar surface area (TPSA) is 46.2 Å². The van der Waals surface area contributed by atoms with Crippen molar-refractivity contribution in [1.82, 2.24) is 4.72 Å². The average Bonchev–Trinajstić information content (AvgIpc) is 2.12. The maximum absolute atomic E-state index is 12.9. The second-order valence-electron chi connectivity index (χ2n) is 3.10. The highest BCUT2D eigenvalue weighted by Crippen LogP contribution is 2.30. The van der Waals surface area contributed by atoms with Crippen LogP contribution in [0.2, 0.25) is 5.02 Å². The lowest BCUT2D eigenvalue weighted by molar-refractivity contribution is 0.579. The molecule has 0 heterocycles. The van der Waals surface area contributed by atoms with Crippen LogP contribution in [0.15, 0.2) is 21.5 Å². The molecule has 1 aromatic carbocycles. The fourth-order valence-electron chi connectivity index (χ4n) is 1.09. The predicted molar refractivity (Wildman–Crippen MR) is 64.6 cm³/mol. The van der Waals surface area contributed by atoms with Crippen molar-refractivity contribution >= 4 is 37.6 Å². The van der Waals surface area contributed by atoms with E-state index in [1.54, 1.807) is 0 Å². The van der Waals surface area contributed by atoms with E-state index >= 15 is 0 Å². The van der Waals surface area contributed by atoms with Gasteiger partial charge < -0.3 is 0 Å². The third-order valence-electron chi connectivity index (χ3n) is 1.77. The molecule has 0 radical (unpaired) electrons. The van der Waals surface area contributed by atoms with E-state index in [-0.39, 0.29) is 14.4 Å².